The van der Waals surface area contributed by atoms with Crippen molar-refractivity contribution in [2.75, 3.05) is 9.74 Å². The van der Waals surface area contributed by atoms with Crippen molar-refractivity contribution in [3.63, 3.8) is 0 Å². The number of alkyl halides is 1. The lowest BCUT2D eigenvalue weighted by Gasteiger charge is -1.94. The number of hydrogen-bond acceptors (Lipinski definition) is 3. The summed E-state index contributed by atoms with van der Waals surface area (Å²) in [7, 11) is 0. The number of anilines is 1. The molecule has 3 nitrogen and oxygen atoms in total. The summed E-state index contributed by atoms with van der Waals surface area (Å²) < 4.78 is 0.469. The van der Waals surface area contributed by atoms with E-state index in [1.807, 2.05) is 29.5 Å². The molecule has 5 heteroatoms. The van der Waals surface area contributed by atoms with E-state index in [4.69, 9.17) is 0 Å². The second-order valence-electron chi connectivity index (χ2n) is 1.96. The largest absolute Gasteiger partial charge is 0.301 e. The molecule has 0 bridgehead atoms. The number of hydrogen-bond donors (Lipinski definition) is 1. The Balaban J connectivity index is 2.57. The number of nitrogens with one attached hydrogen (secondary N) is 1. The number of carbonyl (C=O) groups is 1. The normalized spacial score (nSPS) is 9.64. The third kappa shape index (κ3) is 2.74. The van der Waals surface area contributed by atoms with Crippen LogP contribution in [0.15, 0.2) is 6.20 Å². The number of halogens is 1. The number of nitrogens with zero attached hydrogens (tertiary/aromatic N) is 1. The van der Waals surface area contributed by atoms with Crippen LogP contribution in [0, 0.1) is 6.92 Å². The standard InChI is InChI=1S/C6H7IN2OS/c1-4-3-8-6(11-4)9-5(10)2-7/h3H,2H2,1H3,(H,8,9,10). The Kier molecular flexibility index (Phi) is 3.25. The minimum atomic E-state index is -0.0000463. The molecule has 0 unspecified atom stereocenters. The molecule has 0 aromatic carbocycles. The maximum absolute atomic E-state index is 10.8. The molecule has 11 heavy (non-hydrogen) atoms. The van der Waals surface area contributed by atoms with E-state index in [0.717, 1.165) is 4.88 Å². The molecular formula is C6H7IN2OS. The third-order valence-electron chi connectivity index (χ3n) is 0.989. The van der Waals surface area contributed by atoms with E-state index < -0.39 is 0 Å². The van der Waals surface area contributed by atoms with Crippen LogP contribution in [0.3, 0.4) is 0 Å². The van der Waals surface area contributed by atoms with Crippen molar-refractivity contribution in [1.29, 1.82) is 0 Å². The molecule has 1 rings (SSSR count). The average Bonchev–Trinajstić information content (AvgIpc) is 2.35. The first-order valence-corrected chi connectivity index (χ1v) is 5.35. The first kappa shape index (κ1) is 8.92. The molecule has 0 spiro atoms. The lowest BCUT2D eigenvalue weighted by atomic mass is 10.6. The molecule has 0 aliphatic rings. The number of aryl methyl sites for hydroxylation is 1. The van der Waals surface area contributed by atoms with E-state index in [1.165, 1.54) is 11.3 Å². The van der Waals surface area contributed by atoms with Gasteiger partial charge in [-0.05, 0) is 6.92 Å². The molecule has 0 atom stereocenters. The quantitative estimate of drug-likeness (QED) is 0.664. The fourth-order valence-corrected chi connectivity index (χ4v) is 1.44. The topological polar surface area (TPSA) is 42.0 Å². The van der Waals surface area contributed by atoms with Crippen LogP contribution in [0.2, 0.25) is 0 Å². The molecule has 1 aromatic heterocycles. The zero-order chi connectivity index (χ0) is 8.27. The van der Waals surface area contributed by atoms with Gasteiger partial charge in [-0.15, -0.1) is 11.3 Å². The molecule has 0 aliphatic heterocycles. The highest BCUT2D eigenvalue weighted by molar-refractivity contribution is 14.1. The fourth-order valence-electron chi connectivity index (χ4n) is 0.565. The summed E-state index contributed by atoms with van der Waals surface area (Å²) in [5.74, 6) is -0.0000463. The van der Waals surface area contributed by atoms with Gasteiger partial charge in [0.1, 0.15) is 0 Å². The predicted molar refractivity (Wildman–Crippen MR) is 54.4 cm³/mol. The molecule has 1 heterocycles. The van der Waals surface area contributed by atoms with Crippen LogP contribution in [-0.4, -0.2) is 15.3 Å². The minimum Gasteiger partial charge on any atom is -0.301 e. The lowest BCUT2D eigenvalue weighted by molar-refractivity contribution is -0.113. The van der Waals surface area contributed by atoms with Gasteiger partial charge in [-0.2, -0.15) is 0 Å². The number of aromatic nitrogens is 1. The molecule has 0 saturated heterocycles. The van der Waals surface area contributed by atoms with E-state index in [0.29, 0.717) is 9.56 Å². The second kappa shape index (κ2) is 4.01. The molecular weight excluding hydrogens is 275 g/mol. The van der Waals surface area contributed by atoms with Gasteiger partial charge in [-0.1, -0.05) is 22.6 Å². The Morgan fingerprint density at radius 1 is 1.91 bits per heavy atom. The summed E-state index contributed by atoms with van der Waals surface area (Å²) in [4.78, 5) is 15.9. The van der Waals surface area contributed by atoms with Gasteiger partial charge < -0.3 is 5.32 Å². The monoisotopic (exact) mass is 282 g/mol. The molecule has 0 aliphatic carbocycles. The zero-order valence-electron chi connectivity index (χ0n) is 5.93. The summed E-state index contributed by atoms with van der Waals surface area (Å²) in [6.07, 6.45) is 1.74. The summed E-state index contributed by atoms with van der Waals surface area (Å²) >= 11 is 3.50. The molecule has 0 radical (unpaired) electrons. The van der Waals surface area contributed by atoms with Crippen LogP contribution in [0.25, 0.3) is 0 Å². The Bertz CT molecular complexity index is 261. The van der Waals surface area contributed by atoms with Crippen molar-refractivity contribution in [2.24, 2.45) is 0 Å². The zero-order valence-corrected chi connectivity index (χ0v) is 8.90. The van der Waals surface area contributed by atoms with Crippen molar-refractivity contribution in [1.82, 2.24) is 4.98 Å². The van der Waals surface area contributed by atoms with Crippen molar-refractivity contribution in [3.8, 4) is 0 Å². The summed E-state index contributed by atoms with van der Waals surface area (Å²) in [6.45, 7) is 1.96. The van der Waals surface area contributed by atoms with Crippen LogP contribution in [-0.2, 0) is 4.79 Å². The summed E-state index contributed by atoms with van der Waals surface area (Å²) in [5, 5.41) is 3.36. The fraction of sp³-hybridized carbons (Fsp3) is 0.333. The third-order valence-corrected chi connectivity index (χ3v) is 2.51. The molecule has 0 saturated carbocycles. The van der Waals surface area contributed by atoms with E-state index in [9.17, 15) is 4.79 Å². The van der Waals surface area contributed by atoms with Gasteiger partial charge in [0.25, 0.3) is 0 Å². The van der Waals surface area contributed by atoms with E-state index in [1.54, 1.807) is 6.20 Å². The molecule has 0 fully saturated rings. The first-order valence-electron chi connectivity index (χ1n) is 3.00. The highest BCUT2D eigenvalue weighted by Gasteiger charge is 2.01. The van der Waals surface area contributed by atoms with E-state index in [2.05, 4.69) is 10.3 Å². The highest BCUT2D eigenvalue weighted by Crippen LogP contribution is 2.16. The Morgan fingerprint density at radius 3 is 3.09 bits per heavy atom. The molecule has 1 amide bonds. The predicted octanol–water partition coefficient (Wildman–Crippen LogP) is 1.83. The van der Waals surface area contributed by atoms with Crippen molar-refractivity contribution in [2.45, 2.75) is 6.92 Å². The molecule has 60 valence electrons. The maximum Gasteiger partial charge on any atom is 0.235 e. The lowest BCUT2D eigenvalue weighted by Crippen LogP contribution is -2.11. The van der Waals surface area contributed by atoms with Gasteiger partial charge in [-0.25, -0.2) is 4.98 Å². The first-order chi connectivity index (χ1) is 5.22. The van der Waals surface area contributed by atoms with E-state index in [-0.39, 0.29) is 5.91 Å². The van der Waals surface area contributed by atoms with Gasteiger partial charge in [0, 0.05) is 11.1 Å². The maximum atomic E-state index is 10.8. The summed E-state index contributed by atoms with van der Waals surface area (Å²) in [6, 6.07) is 0. The highest BCUT2D eigenvalue weighted by atomic mass is 127. The Labute approximate surface area is 82.4 Å². The van der Waals surface area contributed by atoms with Crippen molar-refractivity contribution >= 4 is 45.0 Å². The van der Waals surface area contributed by atoms with Crippen LogP contribution in [0.1, 0.15) is 4.88 Å². The number of rotatable bonds is 2. The van der Waals surface area contributed by atoms with Crippen LogP contribution >= 0.6 is 33.9 Å². The van der Waals surface area contributed by atoms with Gasteiger partial charge in [0.2, 0.25) is 5.91 Å². The van der Waals surface area contributed by atoms with Crippen LogP contribution in [0.5, 0.6) is 0 Å². The SMILES string of the molecule is Cc1cnc(NC(=O)CI)s1. The van der Waals surface area contributed by atoms with Crippen molar-refractivity contribution in [3.05, 3.63) is 11.1 Å². The molecule has 1 aromatic rings. The molecule has 1 N–H and O–H groups in total. The number of amides is 1. The Morgan fingerprint density at radius 2 is 2.64 bits per heavy atom. The van der Waals surface area contributed by atoms with Gasteiger partial charge in [-0.3, -0.25) is 4.79 Å². The van der Waals surface area contributed by atoms with Gasteiger partial charge >= 0.3 is 0 Å². The van der Waals surface area contributed by atoms with E-state index >= 15 is 0 Å². The van der Waals surface area contributed by atoms with Gasteiger partial charge in [0.05, 0.1) is 4.43 Å². The average molecular weight is 282 g/mol. The smallest absolute Gasteiger partial charge is 0.235 e. The Hall–Kier alpha value is -0.170. The minimum absolute atomic E-state index is 0.0000463. The number of carbonyl (C=O) groups excluding carboxylic acids is 1. The van der Waals surface area contributed by atoms with Crippen LogP contribution in [0.4, 0.5) is 5.13 Å². The van der Waals surface area contributed by atoms with Crippen LogP contribution < -0.4 is 5.32 Å². The summed E-state index contributed by atoms with van der Waals surface area (Å²) in [5.41, 5.74) is 0. The van der Waals surface area contributed by atoms with Gasteiger partial charge in [0.15, 0.2) is 5.13 Å². The van der Waals surface area contributed by atoms with Crippen molar-refractivity contribution < 1.29 is 4.79 Å². The second-order valence-corrected chi connectivity index (χ2v) is 3.96. The number of thiazole rings is 1.